The number of nitrogens with zero attached hydrogens (tertiary/aromatic N) is 2. The molecular weight excluding hydrogens is 535 g/mol. The monoisotopic (exact) mass is 578 g/mol. The number of piperazine rings is 1. The Labute approximate surface area is 247 Å². The third kappa shape index (κ3) is 6.16. The third-order valence-electron chi connectivity index (χ3n) is 8.77. The Bertz CT molecular complexity index is 1300. The average Bonchev–Trinajstić information content (AvgIpc) is 3.37. The predicted molar refractivity (Wildman–Crippen MR) is 159 cm³/mol. The topological polar surface area (TPSA) is 102 Å². The van der Waals surface area contributed by atoms with Crippen LogP contribution in [0.4, 0.5) is 10.1 Å². The molecule has 5 rings (SSSR count). The Morgan fingerprint density at radius 1 is 1.05 bits per heavy atom. The fourth-order valence-corrected chi connectivity index (χ4v) is 6.71. The Morgan fingerprint density at radius 3 is 2.26 bits per heavy atom. The molecule has 3 unspecified atom stereocenters. The first-order chi connectivity index (χ1) is 20.0. The number of nitrogens with one attached hydrogen (secondary N) is 2. The molecule has 42 heavy (non-hydrogen) atoms. The van der Waals surface area contributed by atoms with Gasteiger partial charge in [-0.1, -0.05) is 44.2 Å². The van der Waals surface area contributed by atoms with Crippen LogP contribution in [0.25, 0.3) is 0 Å². The van der Waals surface area contributed by atoms with Crippen molar-refractivity contribution >= 4 is 23.4 Å². The number of piperidine rings is 1. The van der Waals surface area contributed by atoms with Gasteiger partial charge in [-0.15, -0.1) is 0 Å². The second-order valence-corrected chi connectivity index (χ2v) is 12.8. The minimum atomic E-state index is -1.31. The molecule has 2 heterocycles. The van der Waals surface area contributed by atoms with E-state index < -0.39 is 29.8 Å². The molecule has 0 saturated carbocycles. The quantitative estimate of drug-likeness (QED) is 0.445. The summed E-state index contributed by atoms with van der Waals surface area (Å²) in [6, 6.07) is 9.49. The Kier molecular flexibility index (Phi) is 8.87. The lowest BCUT2D eigenvalue weighted by atomic mass is 9.87. The maximum atomic E-state index is 16.1. The summed E-state index contributed by atoms with van der Waals surface area (Å²) in [4.78, 5) is 45.4. The summed E-state index contributed by atoms with van der Waals surface area (Å²) in [5.74, 6) is -1.88. The van der Waals surface area contributed by atoms with Crippen LogP contribution in [0.1, 0.15) is 69.7 Å². The molecule has 3 aliphatic rings. The van der Waals surface area contributed by atoms with Gasteiger partial charge in [0.2, 0.25) is 17.7 Å². The lowest BCUT2D eigenvalue weighted by Gasteiger charge is -2.45. The van der Waals surface area contributed by atoms with Crippen molar-refractivity contribution in [3.63, 3.8) is 0 Å². The van der Waals surface area contributed by atoms with E-state index in [-0.39, 0.29) is 41.4 Å². The van der Waals surface area contributed by atoms with E-state index in [0.717, 1.165) is 11.1 Å². The van der Waals surface area contributed by atoms with Crippen molar-refractivity contribution < 1.29 is 23.9 Å². The number of benzene rings is 2. The van der Waals surface area contributed by atoms with E-state index >= 15 is 4.39 Å². The first-order valence-corrected chi connectivity index (χ1v) is 15.3. The minimum Gasteiger partial charge on any atom is -0.393 e. The zero-order valence-corrected chi connectivity index (χ0v) is 25.0. The van der Waals surface area contributed by atoms with Crippen LogP contribution in [-0.2, 0) is 27.2 Å². The zero-order valence-electron chi connectivity index (χ0n) is 25.0. The van der Waals surface area contributed by atoms with Gasteiger partial charge in [0.1, 0.15) is 23.9 Å². The van der Waals surface area contributed by atoms with Gasteiger partial charge in [-0.3, -0.25) is 14.4 Å². The largest absolute Gasteiger partial charge is 0.393 e. The number of anilines is 1. The number of amides is 3. The van der Waals surface area contributed by atoms with Crippen molar-refractivity contribution in [2.24, 2.45) is 11.8 Å². The second kappa shape index (κ2) is 12.4. The van der Waals surface area contributed by atoms with Crippen molar-refractivity contribution in [1.29, 1.82) is 0 Å². The van der Waals surface area contributed by atoms with E-state index in [2.05, 4.69) is 10.6 Å². The van der Waals surface area contributed by atoms with Gasteiger partial charge < -0.3 is 25.5 Å². The van der Waals surface area contributed by atoms with Crippen LogP contribution in [0, 0.1) is 17.7 Å². The molecule has 1 aliphatic carbocycles. The number of aliphatic hydroxyl groups excluding tert-OH is 1. The van der Waals surface area contributed by atoms with E-state index in [1.54, 1.807) is 12.1 Å². The number of carbonyl (C=O) groups excluding carboxylic acids is 3. The van der Waals surface area contributed by atoms with Crippen molar-refractivity contribution in [2.75, 3.05) is 18.0 Å². The lowest BCUT2D eigenvalue weighted by molar-refractivity contribution is -0.158. The molecule has 0 aromatic heterocycles. The van der Waals surface area contributed by atoms with E-state index in [9.17, 15) is 19.5 Å². The molecule has 0 radical (unpaired) electrons. The molecule has 3 N–H and O–H groups in total. The van der Waals surface area contributed by atoms with Crippen molar-refractivity contribution in [1.82, 2.24) is 15.5 Å². The Balaban J connectivity index is 1.53. The summed E-state index contributed by atoms with van der Waals surface area (Å²) >= 11 is 0. The molecule has 3 amide bonds. The summed E-state index contributed by atoms with van der Waals surface area (Å²) in [5, 5.41) is 15.8. The molecule has 2 saturated heterocycles. The van der Waals surface area contributed by atoms with E-state index in [1.807, 2.05) is 56.9 Å². The molecule has 0 spiro atoms. The van der Waals surface area contributed by atoms with E-state index in [1.165, 1.54) is 11.0 Å². The fraction of sp³-hybridized carbons (Fsp3) is 0.545. The third-order valence-corrected chi connectivity index (χ3v) is 8.77. The first-order valence-electron chi connectivity index (χ1n) is 15.3. The number of carbonyl (C=O) groups is 3. The summed E-state index contributed by atoms with van der Waals surface area (Å²) in [6.45, 7) is 8.75. The van der Waals surface area contributed by atoms with Crippen LogP contribution in [0.3, 0.4) is 0 Å². The Morgan fingerprint density at radius 2 is 1.69 bits per heavy atom. The highest BCUT2D eigenvalue weighted by Gasteiger charge is 2.50. The van der Waals surface area contributed by atoms with Crippen molar-refractivity contribution in [3.8, 4) is 0 Å². The maximum Gasteiger partial charge on any atom is 0.247 e. The first kappa shape index (κ1) is 30.0. The molecule has 9 heteroatoms. The zero-order chi connectivity index (χ0) is 30.1. The normalized spacial score (nSPS) is 22.5. The van der Waals surface area contributed by atoms with Crippen LogP contribution in [0.15, 0.2) is 42.5 Å². The molecule has 226 valence electrons. The van der Waals surface area contributed by atoms with Gasteiger partial charge >= 0.3 is 0 Å². The highest BCUT2D eigenvalue weighted by atomic mass is 19.1. The summed E-state index contributed by atoms with van der Waals surface area (Å²) < 4.78 is 16.1. The van der Waals surface area contributed by atoms with Crippen LogP contribution < -0.4 is 15.5 Å². The summed E-state index contributed by atoms with van der Waals surface area (Å²) in [5.41, 5.74) is 3.04. The van der Waals surface area contributed by atoms with Crippen LogP contribution in [-0.4, -0.2) is 65.0 Å². The molecule has 2 aliphatic heterocycles. The highest BCUT2D eigenvalue weighted by molar-refractivity contribution is 6.00. The van der Waals surface area contributed by atoms with E-state index in [4.69, 9.17) is 0 Å². The van der Waals surface area contributed by atoms with Gasteiger partial charge in [-0.05, 0) is 81.0 Å². The van der Waals surface area contributed by atoms with Crippen LogP contribution in [0.2, 0.25) is 0 Å². The smallest absolute Gasteiger partial charge is 0.247 e. The molecule has 3 atom stereocenters. The lowest BCUT2D eigenvalue weighted by Crippen LogP contribution is -2.67. The van der Waals surface area contributed by atoms with Gasteiger partial charge in [0.05, 0.1) is 6.10 Å². The van der Waals surface area contributed by atoms with Gasteiger partial charge in [-0.25, -0.2) is 4.39 Å². The molecule has 2 aromatic carbocycles. The fourth-order valence-electron chi connectivity index (χ4n) is 6.71. The summed E-state index contributed by atoms with van der Waals surface area (Å²) in [7, 11) is 0. The van der Waals surface area contributed by atoms with Crippen LogP contribution in [0.5, 0.6) is 0 Å². The number of hydrogen-bond acceptors (Lipinski definition) is 5. The molecular formula is C33H43FN4O4. The number of rotatable bonds is 8. The average molecular weight is 579 g/mol. The van der Waals surface area contributed by atoms with E-state index in [0.29, 0.717) is 50.9 Å². The van der Waals surface area contributed by atoms with Gasteiger partial charge in [-0.2, -0.15) is 0 Å². The number of halogens is 1. The standard InChI is InChI=1S/C33H43FN4O4/c1-19(2)15-28-31(40)36-29(23-16-21-7-5-6-8-22(21)17-23)33(42)38(28)30(32(41)35-20(3)4)26-10-9-24(18-27(26)34)37-13-11-25(39)12-14-37/h5-10,18-20,23,25,28-30,39H,11-17H2,1-4H3,(H,35,41)(H,36,40). The molecule has 2 fully saturated rings. The summed E-state index contributed by atoms with van der Waals surface area (Å²) in [6.07, 6.45) is 2.48. The van der Waals surface area contributed by atoms with Crippen molar-refractivity contribution in [3.05, 3.63) is 65.0 Å². The highest BCUT2D eigenvalue weighted by Crippen LogP contribution is 2.37. The number of fused-ring (bicyclic) bond motifs is 1. The SMILES string of the molecule is CC(C)CC1C(=O)NC(C2Cc3ccccc3C2)C(=O)N1C(C(=O)NC(C)C)c1ccc(N2CCC(O)CC2)cc1F. The molecule has 2 aromatic rings. The van der Waals surface area contributed by atoms with Crippen molar-refractivity contribution in [2.45, 2.75) is 90.1 Å². The second-order valence-electron chi connectivity index (χ2n) is 12.8. The maximum absolute atomic E-state index is 16.1. The Hall–Kier alpha value is -3.46. The van der Waals surface area contributed by atoms with Crippen LogP contribution >= 0.6 is 0 Å². The number of hydrogen-bond donors (Lipinski definition) is 3. The molecule has 0 bridgehead atoms. The van der Waals surface area contributed by atoms with Gasteiger partial charge in [0.25, 0.3) is 0 Å². The minimum absolute atomic E-state index is 0.0545. The number of aliphatic hydroxyl groups is 1. The van der Waals surface area contributed by atoms with Gasteiger partial charge in [0.15, 0.2) is 0 Å². The molecule has 8 nitrogen and oxygen atoms in total. The van der Waals surface area contributed by atoms with Gasteiger partial charge in [0, 0.05) is 30.4 Å². The predicted octanol–water partition coefficient (Wildman–Crippen LogP) is 3.51.